The molecule has 0 spiro atoms. The molecule has 9 aromatic carbocycles. The van der Waals surface area contributed by atoms with Crippen LogP contribution < -0.4 is 4.90 Å². The van der Waals surface area contributed by atoms with Crippen LogP contribution in [0.2, 0.25) is 0 Å². The number of aromatic nitrogens is 1. The first kappa shape index (κ1) is 31.2. The van der Waals surface area contributed by atoms with Gasteiger partial charge < -0.3 is 13.9 Å². The van der Waals surface area contributed by atoms with Gasteiger partial charge in [-0.2, -0.15) is 0 Å². The van der Waals surface area contributed by atoms with Crippen molar-refractivity contribution >= 4 is 71.6 Å². The van der Waals surface area contributed by atoms with Crippen LogP contribution in [0.1, 0.15) is 0 Å². The highest BCUT2D eigenvalue weighted by atomic mass is 16.3. The van der Waals surface area contributed by atoms with Crippen LogP contribution in [0.25, 0.3) is 82.5 Å². The van der Waals surface area contributed by atoms with E-state index >= 15 is 0 Å². The van der Waals surface area contributed by atoms with Gasteiger partial charge in [0.2, 0.25) is 0 Å². The largest absolute Gasteiger partial charge is 0.456 e. The summed E-state index contributed by atoms with van der Waals surface area (Å²) in [6, 6.07) is 74.0. The Hall–Kier alpha value is -7.36. The molecule has 11 rings (SSSR count). The molecular formula is C52H34N2O. The van der Waals surface area contributed by atoms with Gasteiger partial charge in [0.15, 0.2) is 0 Å². The van der Waals surface area contributed by atoms with Crippen molar-refractivity contribution in [2.75, 3.05) is 4.90 Å². The minimum Gasteiger partial charge on any atom is -0.456 e. The highest BCUT2D eigenvalue weighted by molar-refractivity contribution is 6.14. The molecule has 0 aliphatic carbocycles. The first-order valence-corrected chi connectivity index (χ1v) is 18.8. The Bertz CT molecular complexity index is 3150. The van der Waals surface area contributed by atoms with E-state index in [1.807, 2.05) is 12.1 Å². The molecule has 0 fully saturated rings. The van der Waals surface area contributed by atoms with E-state index in [9.17, 15) is 0 Å². The maximum Gasteiger partial charge on any atom is 0.137 e. The lowest BCUT2D eigenvalue weighted by molar-refractivity contribution is 0.669. The van der Waals surface area contributed by atoms with E-state index in [1.165, 1.54) is 38.1 Å². The lowest BCUT2D eigenvalue weighted by atomic mass is 9.96. The molecule has 0 atom stereocenters. The summed E-state index contributed by atoms with van der Waals surface area (Å²) in [5.41, 5.74) is 13.2. The molecule has 0 bridgehead atoms. The van der Waals surface area contributed by atoms with E-state index in [-0.39, 0.29) is 0 Å². The second-order valence-electron chi connectivity index (χ2n) is 14.1. The average molecular weight is 703 g/mol. The number of benzene rings is 9. The second-order valence-corrected chi connectivity index (χ2v) is 14.1. The lowest BCUT2D eigenvalue weighted by Gasteiger charge is -2.28. The number of fused-ring (bicyclic) bond motifs is 7. The van der Waals surface area contributed by atoms with Gasteiger partial charge in [0.05, 0.1) is 27.8 Å². The molecule has 55 heavy (non-hydrogen) atoms. The third kappa shape index (κ3) is 5.05. The Kier molecular flexibility index (Phi) is 7.17. The Balaban J connectivity index is 1.12. The van der Waals surface area contributed by atoms with Crippen LogP contribution in [0.4, 0.5) is 17.1 Å². The molecule has 0 amide bonds. The molecular weight excluding hydrogens is 669 g/mol. The number of hydrogen-bond donors (Lipinski definition) is 0. The smallest absolute Gasteiger partial charge is 0.137 e. The number of anilines is 3. The standard InChI is InChI=1S/C52H34N2O/c1-2-15-35(16-3-1)41-19-6-10-23-46(41)53(49-26-14-28-51-52(49)44-22-9-13-27-50(44)55-51)38-31-29-36(30-32-38)45-34-39(33-37-17-4-5-18-40(37)45)54-47-24-11-7-20-42(47)43-21-8-12-25-48(43)54/h1-34H. The van der Waals surface area contributed by atoms with E-state index in [0.717, 1.165) is 61.4 Å². The van der Waals surface area contributed by atoms with Crippen molar-refractivity contribution in [3.05, 3.63) is 206 Å². The van der Waals surface area contributed by atoms with Crippen LogP contribution in [0.3, 0.4) is 0 Å². The molecule has 3 heteroatoms. The monoisotopic (exact) mass is 702 g/mol. The third-order valence-corrected chi connectivity index (χ3v) is 11.0. The molecule has 0 saturated heterocycles. The van der Waals surface area contributed by atoms with Crippen molar-refractivity contribution in [3.63, 3.8) is 0 Å². The molecule has 0 unspecified atom stereocenters. The highest BCUT2D eigenvalue weighted by Crippen LogP contribution is 2.46. The summed E-state index contributed by atoms with van der Waals surface area (Å²) >= 11 is 0. The van der Waals surface area contributed by atoms with Gasteiger partial charge in [-0.25, -0.2) is 0 Å². The number of rotatable bonds is 6. The summed E-state index contributed by atoms with van der Waals surface area (Å²) in [4.78, 5) is 2.39. The van der Waals surface area contributed by atoms with Gasteiger partial charge >= 0.3 is 0 Å². The fourth-order valence-electron chi connectivity index (χ4n) is 8.53. The molecule has 0 aliphatic rings. The Morgan fingerprint density at radius 3 is 1.75 bits per heavy atom. The van der Waals surface area contributed by atoms with Crippen molar-refractivity contribution in [2.24, 2.45) is 0 Å². The molecule has 2 aromatic heterocycles. The van der Waals surface area contributed by atoms with Crippen LogP contribution in [0.15, 0.2) is 211 Å². The highest BCUT2D eigenvalue weighted by Gasteiger charge is 2.22. The van der Waals surface area contributed by atoms with Gasteiger partial charge in [-0.3, -0.25) is 0 Å². The summed E-state index contributed by atoms with van der Waals surface area (Å²) in [5, 5.41) is 7.13. The maximum atomic E-state index is 6.41. The SMILES string of the molecule is c1ccc(-c2ccccc2N(c2ccc(-c3cc(-n4c5ccccc5c5ccccc54)cc4ccccc34)cc2)c2cccc3oc4ccccc4c23)cc1. The Labute approximate surface area is 318 Å². The predicted molar refractivity (Wildman–Crippen MR) is 231 cm³/mol. The Morgan fingerprint density at radius 2 is 0.964 bits per heavy atom. The van der Waals surface area contributed by atoms with Crippen molar-refractivity contribution in [2.45, 2.75) is 0 Å². The zero-order valence-electron chi connectivity index (χ0n) is 29.9. The average Bonchev–Trinajstić information content (AvgIpc) is 3.81. The van der Waals surface area contributed by atoms with Crippen LogP contribution in [-0.4, -0.2) is 4.57 Å². The van der Waals surface area contributed by atoms with Gasteiger partial charge in [0, 0.05) is 33.1 Å². The van der Waals surface area contributed by atoms with Gasteiger partial charge in [-0.15, -0.1) is 0 Å². The van der Waals surface area contributed by atoms with E-state index in [0.29, 0.717) is 0 Å². The minimum atomic E-state index is 0.867. The number of hydrogen-bond acceptors (Lipinski definition) is 2. The fourth-order valence-corrected chi connectivity index (χ4v) is 8.53. The van der Waals surface area contributed by atoms with Gasteiger partial charge in [-0.05, 0) is 88.1 Å². The zero-order valence-corrected chi connectivity index (χ0v) is 29.9. The summed E-state index contributed by atoms with van der Waals surface area (Å²) in [6.07, 6.45) is 0. The minimum absolute atomic E-state index is 0.867. The molecule has 258 valence electrons. The molecule has 0 saturated carbocycles. The van der Waals surface area contributed by atoms with Crippen LogP contribution in [0, 0.1) is 0 Å². The van der Waals surface area contributed by atoms with Crippen molar-refractivity contribution in [1.82, 2.24) is 4.57 Å². The van der Waals surface area contributed by atoms with Gasteiger partial charge in [0.1, 0.15) is 11.2 Å². The fraction of sp³-hybridized carbons (Fsp3) is 0. The third-order valence-electron chi connectivity index (χ3n) is 11.0. The molecule has 11 aromatic rings. The number of para-hydroxylation sites is 4. The van der Waals surface area contributed by atoms with E-state index in [1.54, 1.807) is 0 Å². The lowest BCUT2D eigenvalue weighted by Crippen LogP contribution is -2.11. The van der Waals surface area contributed by atoms with Crippen molar-refractivity contribution in [3.8, 4) is 27.9 Å². The molecule has 0 radical (unpaired) electrons. The van der Waals surface area contributed by atoms with Gasteiger partial charge in [0.25, 0.3) is 0 Å². The second kappa shape index (κ2) is 12.6. The van der Waals surface area contributed by atoms with E-state index < -0.39 is 0 Å². The quantitative estimate of drug-likeness (QED) is 0.172. The molecule has 3 nitrogen and oxygen atoms in total. The predicted octanol–water partition coefficient (Wildman–Crippen LogP) is 14.6. The Morgan fingerprint density at radius 1 is 0.382 bits per heavy atom. The molecule has 0 N–H and O–H groups in total. The normalized spacial score (nSPS) is 11.6. The van der Waals surface area contributed by atoms with E-state index in [4.69, 9.17) is 4.42 Å². The summed E-state index contributed by atoms with van der Waals surface area (Å²) in [7, 11) is 0. The van der Waals surface area contributed by atoms with Crippen molar-refractivity contribution < 1.29 is 4.42 Å². The van der Waals surface area contributed by atoms with Crippen LogP contribution in [0.5, 0.6) is 0 Å². The van der Waals surface area contributed by atoms with Gasteiger partial charge in [-0.1, -0.05) is 146 Å². The van der Waals surface area contributed by atoms with Crippen LogP contribution >= 0.6 is 0 Å². The topological polar surface area (TPSA) is 21.3 Å². The number of furan rings is 1. The zero-order chi connectivity index (χ0) is 36.3. The first-order valence-electron chi connectivity index (χ1n) is 18.8. The van der Waals surface area contributed by atoms with Crippen LogP contribution in [-0.2, 0) is 0 Å². The first-order chi connectivity index (χ1) is 27.3. The van der Waals surface area contributed by atoms with Crippen molar-refractivity contribution in [1.29, 1.82) is 0 Å². The molecule has 0 aliphatic heterocycles. The van der Waals surface area contributed by atoms with E-state index in [2.05, 4.69) is 204 Å². The number of nitrogens with zero attached hydrogens (tertiary/aromatic N) is 2. The summed E-state index contributed by atoms with van der Waals surface area (Å²) < 4.78 is 8.82. The summed E-state index contributed by atoms with van der Waals surface area (Å²) in [5.74, 6) is 0. The molecule has 2 heterocycles. The summed E-state index contributed by atoms with van der Waals surface area (Å²) in [6.45, 7) is 0. The maximum absolute atomic E-state index is 6.41.